The van der Waals surface area contributed by atoms with E-state index in [0.29, 0.717) is 41.1 Å². The molecule has 3 aromatic rings. The van der Waals surface area contributed by atoms with Crippen molar-refractivity contribution < 1.29 is 18.7 Å². The maximum atomic E-state index is 12.9. The number of nitrogens with one attached hydrogen (secondary N) is 1. The molecule has 0 aliphatic rings. The van der Waals surface area contributed by atoms with Crippen LogP contribution in [0.2, 0.25) is 0 Å². The lowest BCUT2D eigenvalue weighted by atomic mass is 10.1. The molecular weight excluding hydrogens is 344 g/mol. The number of furan rings is 1. The van der Waals surface area contributed by atoms with Crippen molar-refractivity contribution >= 4 is 28.5 Å². The van der Waals surface area contributed by atoms with Crippen LogP contribution in [0.4, 0.5) is 5.69 Å². The molecule has 0 aliphatic heterocycles. The highest BCUT2D eigenvalue weighted by atomic mass is 16.5. The lowest BCUT2D eigenvalue weighted by Gasteiger charge is -2.17. The van der Waals surface area contributed by atoms with Gasteiger partial charge in [0.15, 0.2) is 0 Å². The first-order valence-corrected chi connectivity index (χ1v) is 8.85. The Morgan fingerprint density at radius 3 is 2.52 bits per heavy atom. The summed E-state index contributed by atoms with van der Waals surface area (Å²) in [7, 11) is 1.54. The highest BCUT2D eigenvalue weighted by Gasteiger charge is 2.25. The summed E-state index contributed by atoms with van der Waals surface area (Å²) in [5, 5.41) is 3.53. The van der Waals surface area contributed by atoms with E-state index in [0.717, 1.165) is 0 Å². The van der Waals surface area contributed by atoms with Gasteiger partial charge in [0.2, 0.25) is 5.76 Å². The van der Waals surface area contributed by atoms with E-state index in [1.165, 1.54) is 0 Å². The zero-order chi connectivity index (χ0) is 19.4. The lowest BCUT2D eigenvalue weighted by Crippen LogP contribution is -2.31. The second-order valence-electron chi connectivity index (χ2n) is 5.97. The van der Waals surface area contributed by atoms with Crippen molar-refractivity contribution in [1.29, 1.82) is 0 Å². The highest BCUT2D eigenvalue weighted by Crippen LogP contribution is 2.32. The first-order valence-electron chi connectivity index (χ1n) is 8.85. The second-order valence-corrected chi connectivity index (χ2v) is 5.97. The van der Waals surface area contributed by atoms with Crippen LogP contribution in [0, 0.1) is 0 Å². The average molecular weight is 366 g/mol. The van der Waals surface area contributed by atoms with Crippen LogP contribution in [0.1, 0.15) is 34.8 Å². The van der Waals surface area contributed by atoms with Crippen LogP contribution in [0.15, 0.2) is 52.9 Å². The van der Waals surface area contributed by atoms with E-state index in [9.17, 15) is 9.59 Å². The fourth-order valence-corrected chi connectivity index (χ4v) is 2.92. The Labute approximate surface area is 157 Å². The molecule has 27 heavy (non-hydrogen) atoms. The Morgan fingerprint density at radius 2 is 1.81 bits per heavy atom. The van der Waals surface area contributed by atoms with E-state index >= 15 is 0 Å². The van der Waals surface area contributed by atoms with E-state index in [2.05, 4.69) is 5.32 Å². The first-order chi connectivity index (χ1) is 13.1. The third-order valence-corrected chi connectivity index (χ3v) is 4.41. The number of fused-ring (bicyclic) bond motifs is 1. The van der Waals surface area contributed by atoms with Gasteiger partial charge < -0.3 is 19.4 Å². The SMILES string of the molecule is CCN(CC)C(=O)c1oc2ccccc2c1NC(=O)c1cccc(OC)c1. The molecule has 140 valence electrons. The third-order valence-electron chi connectivity index (χ3n) is 4.41. The Bertz CT molecular complexity index is 973. The maximum Gasteiger partial charge on any atom is 0.291 e. The maximum absolute atomic E-state index is 12.9. The molecular formula is C21H22N2O4. The summed E-state index contributed by atoms with van der Waals surface area (Å²) in [4.78, 5) is 27.3. The summed E-state index contributed by atoms with van der Waals surface area (Å²) in [6.07, 6.45) is 0. The minimum Gasteiger partial charge on any atom is -0.497 e. The number of carbonyl (C=O) groups is 2. The molecule has 2 aromatic carbocycles. The fourth-order valence-electron chi connectivity index (χ4n) is 2.92. The number of anilines is 1. The number of hydrogen-bond acceptors (Lipinski definition) is 4. The molecule has 1 aromatic heterocycles. The van der Waals surface area contributed by atoms with Crippen molar-refractivity contribution in [2.24, 2.45) is 0 Å². The van der Waals surface area contributed by atoms with Crippen LogP contribution in [-0.2, 0) is 0 Å². The summed E-state index contributed by atoms with van der Waals surface area (Å²) >= 11 is 0. The van der Waals surface area contributed by atoms with Crippen LogP contribution in [0.25, 0.3) is 11.0 Å². The topological polar surface area (TPSA) is 71.8 Å². The quantitative estimate of drug-likeness (QED) is 0.710. The molecule has 1 N–H and O–H groups in total. The standard InChI is InChI=1S/C21H22N2O4/c1-4-23(5-2)21(25)19-18(16-11-6-7-12-17(16)27-19)22-20(24)14-9-8-10-15(13-14)26-3/h6-13H,4-5H2,1-3H3,(H,22,24). The van der Waals surface area contributed by atoms with Crippen LogP contribution in [0.5, 0.6) is 5.75 Å². The van der Waals surface area contributed by atoms with Crippen molar-refractivity contribution in [2.45, 2.75) is 13.8 Å². The van der Waals surface area contributed by atoms with Gasteiger partial charge in [0.25, 0.3) is 11.8 Å². The summed E-state index contributed by atoms with van der Waals surface area (Å²) in [5.74, 6) is 0.126. The highest BCUT2D eigenvalue weighted by molar-refractivity contribution is 6.14. The van der Waals surface area contributed by atoms with Crippen molar-refractivity contribution in [3.8, 4) is 5.75 Å². The first kappa shape index (κ1) is 18.5. The van der Waals surface area contributed by atoms with E-state index < -0.39 is 0 Å². The van der Waals surface area contributed by atoms with Crippen molar-refractivity contribution in [1.82, 2.24) is 4.90 Å². The molecule has 1 heterocycles. The number of nitrogens with zero attached hydrogens (tertiary/aromatic N) is 1. The molecule has 0 radical (unpaired) electrons. The minimum atomic E-state index is -0.339. The van der Waals surface area contributed by atoms with Gasteiger partial charge in [-0.15, -0.1) is 0 Å². The van der Waals surface area contributed by atoms with Crippen molar-refractivity contribution in [3.63, 3.8) is 0 Å². The van der Waals surface area contributed by atoms with E-state index in [1.807, 2.05) is 32.0 Å². The normalized spacial score (nSPS) is 10.6. The van der Waals surface area contributed by atoms with Gasteiger partial charge in [0.1, 0.15) is 17.0 Å². The minimum absolute atomic E-state index is 0.135. The molecule has 0 saturated heterocycles. The number of hydrogen-bond donors (Lipinski definition) is 1. The lowest BCUT2D eigenvalue weighted by molar-refractivity contribution is 0.0745. The molecule has 2 amide bonds. The molecule has 0 fully saturated rings. The summed E-state index contributed by atoms with van der Waals surface area (Å²) < 4.78 is 11.0. The van der Waals surface area contributed by atoms with Gasteiger partial charge >= 0.3 is 0 Å². The Hall–Kier alpha value is -3.28. The number of benzene rings is 2. The number of amides is 2. The van der Waals surface area contributed by atoms with Crippen molar-refractivity contribution in [3.05, 3.63) is 59.9 Å². The predicted molar refractivity (Wildman–Crippen MR) is 104 cm³/mol. The molecule has 0 spiro atoms. The summed E-state index contributed by atoms with van der Waals surface area (Å²) in [6, 6.07) is 14.1. The number of methoxy groups -OCH3 is 1. The van der Waals surface area contributed by atoms with Gasteiger partial charge in [-0.3, -0.25) is 9.59 Å². The van der Waals surface area contributed by atoms with Gasteiger partial charge in [0, 0.05) is 24.0 Å². The smallest absolute Gasteiger partial charge is 0.291 e. The van der Waals surface area contributed by atoms with Gasteiger partial charge in [-0.05, 0) is 44.2 Å². The molecule has 0 unspecified atom stereocenters. The summed E-state index contributed by atoms with van der Waals surface area (Å²) in [6.45, 7) is 4.91. The molecule has 6 nitrogen and oxygen atoms in total. The van der Waals surface area contributed by atoms with Crippen molar-refractivity contribution in [2.75, 3.05) is 25.5 Å². The van der Waals surface area contributed by atoms with Crippen LogP contribution in [0.3, 0.4) is 0 Å². The van der Waals surface area contributed by atoms with E-state index in [-0.39, 0.29) is 17.6 Å². The van der Waals surface area contributed by atoms with Crippen LogP contribution < -0.4 is 10.1 Å². The monoisotopic (exact) mass is 366 g/mol. The van der Waals surface area contributed by atoms with Crippen LogP contribution >= 0.6 is 0 Å². The largest absolute Gasteiger partial charge is 0.497 e. The molecule has 3 rings (SSSR count). The van der Waals surface area contributed by atoms with Gasteiger partial charge in [-0.1, -0.05) is 18.2 Å². The summed E-state index contributed by atoms with van der Waals surface area (Å²) in [5.41, 5.74) is 1.37. The average Bonchev–Trinajstić information content (AvgIpc) is 3.07. The zero-order valence-corrected chi connectivity index (χ0v) is 15.6. The molecule has 0 aliphatic carbocycles. The van der Waals surface area contributed by atoms with Crippen LogP contribution in [-0.4, -0.2) is 36.9 Å². The second kappa shape index (κ2) is 7.95. The molecule has 0 bridgehead atoms. The van der Waals surface area contributed by atoms with Gasteiger partial charge in [-0.2, -0.15) is 0 Å². The predicted octanol–water partition coefficient (Wildman–Crippen LogP) is 4.18. The molecule has 0 atom stereocenters. The molecule has 6 heteroatoms. The van der Waals surface area contributed by atoms with Gasteiger partial charge in [-0.25, -0.2) is 0 Å². The number of ether oxygens (including phenoxy) is 1. The number of para-hydroxylation sites is 1. The Balaban J connectivity index is 2.02. The fraction of sp³-hybridized carbons (Fsp3) is 0.238. The molecule has 0 saturated carbocycles. The zero-order valence-electron chi connectivity index (χ0n) is 15.6. The van der Waals surface area contributed by atoms with E-state index in [1.54, 1.807) is 42.3 Å². The number of rotatable bonds is 6. The van der Waals surface area contributed by atoms with Gasteiger partial charge in [0.05, 0.1) is 7.11 Å². The Morgan fingerprint density at radius 1 is 1.07 bits per heavy atom. The van der Waals surface area contributed by atoms with E-state index in [4.69, 9.17) is 9.15 Å². The third kappa shape index (κ3) is 3.65. The Kier molecular flexibility index (Phi) is 5.45. The number of carbonyl (C=O) groups excluding carboxylic acids is 2.